The van der Waals surface area contributed by atoms with E-state index in [2.05, 4.69) is 22.5 Å². The van der Waals surface area contributed by atoms with Crippen molar-refractivity contribution < 1.29 is 14.3 Å². The summed E-state index contributed by atoms with van der Waals surface area (Å²) in [6.45, 7) is 7.67. The first kappa shape index (κ1) is 20.0. The van der Waals surface area contributed by atoms with Crippen molar-refractivity contribution in [3.05, 3.63) is 28.3 Å². The van der Waals surface area contributed by atoms with Crippen LogP contribution in [-0.2, 0) is 9.53 Å². The van der Waals surface area contributed by atoms with E-state index < -0.39 is 0 Å². The molecule has 3 unspecified atom stereocenters. The third kappa shape index (κ3) is 4.22. The summed E-state index contributed by atoms with van der Waals surface area (Å²) in [6.07, 6.45) is 0.918. The molecule has 27 heavy (non-hydrogen) atoms. The van der Waals surface area contributed by atoms with Gasteiger partial charge in [0, 0.05) is 35.9 Å². The minimum atomic E-state index is -0.209. The van der Waals surface area contributed by atoms with E-state index in [1.54, 1.807) is 6.07 Å². The number of rotatable bonds is 5. The fourth-order valence-corrected chi connectivity index (χ4v) is 4.10. The highest BCUT2D eigenvalue weighted by Crippen LogP contribution is 2.30. The second-order valence-corrected chi connectivity index (χ2v) is 8.28. The van der Waals surface area contributed by atoms with E-state index in [-0.39, 0.29) is 29.7 Å². The molecule has 7 heteroatoms. The van der Waals surface area contributed by atoms with Crippen LogP contribution in [0.1, 0.15) is 36.2 Å². The Kier molecular flexibility index (Phi) is 5.96. The summed E-state index contributed by atoms with van der Waals surface area (Å²) in [5, 5.41) is 6.42. The third-order valence-electron chi connectivity index (χ3n) is 5.76. The fraction of sp³-hybridized carbons (Fsp3) is 0.600. The Balaban J connectivity index is 1.72. The molecule has 2 aliphatic rings. The molecule has 0 spiro atoms. The van der Waals surface area contributed by atoms with Gasteiger partial charge in [-0.3, -0.25) is 9.59 Å². The van der Waals surface area contributed by atoms with Gasteiger partial charge in [-0.25, -0.2) is 0 Å². The number of nitrogens with zero attached hydrogens (tertiary/aromatic N) is 1. The quantitative estimate of drug-likeness (QED) is 0.805. The summed E-state index contributed by atoms with van der Waals surface area (Å²) in [7, 11) is 1.99. The molecular formula is C20H28ClN3O3. The lowest BCUT2D eigenvalue weighted by molar-refractivity contribution is -0.129. The van der Waals surface area contributed by atoms with Gasteiger partial charge < -0.3 is 20.3 Å². The SMILES string of the molecule is Cc1c(C(=O)NCC2C(=O)NC(C)CC2C)cc(Cl)cc1N(C)C1COC1. The molecule has 0 bridgehead atoms. The van der Waals surface area contributed by atoms with Gasteiger partial charge in [0.2, 0.25) is 5.91 Å². The largest absolute Gasteiger partial charge is 0.377 e. The summed E-state index contributed by atoms with van der Waals surface area (Å²) in [5.41, 5.74) is 2.35. The van der Waals surface area contributed by atoms with Gasteiger partial charge in [0.05, 0.1) is 25.2 Å². The van der Waals surface area contributed by atoms with Crippen molar-refractivity contribution in [3.63, 3.8) is 0 Å². The summed E-state index contributed by atoms with van der Waals surface area (Å²) in [4.78, 5) is 27.2. The van der Waals surface area contributed by atoms with E-state index in [0.29, 0.717) is 36.4 Å². The van der Waals surface area contributed by atoms with E-state index in [9.17, 15) is 9.59 Å². The summed E-state index contributed by atoms with van der Waals surface area (Å²) >= 11 is 6.29. The zero-order chi connectivity index (χ0) is 19.7. The predicted octanol–water partition coefficient (Wildman–Crippen LogP) is 2.37. The topological polar surface area (TPSA) is 70.7 Å². The van der Waals surface area contributed by atoms with E-state index in [1.165, 1.54) is 0 Å². The van der Waals surface area contributed by atoms with E-state index in [4.69, 9.17) is 16.3 Å². The average Bonchev–Trinajstić information content (AvgIpc) is 2.53. The highest BCUT2D eigenvalue weighted by atomic mass is 35.5. The molecule has 6 nitrogen and oxygen atoms in total. The molecule has 3 rings (SSSR count). The van der Waals surface area contributed by atoms with E-state index in [0.717, 1.165) is 17.7 Å². The molecule has 0 saturated carbocycles. The number of halogens is 1. The van der Waals surface area contributed by atoms with Crippen LogP contribution in [0.5, 0.6) is 0 Å². The Morgan fingerprint density at radius 2 is 2.07 bits per heavy atom. The first-order valence-corrected chi connectivity index (χ1v) is 9.85. The number of hydrogen-bond donors (Lipinski definition) is 2. The number of hydrogen-bond acceptors (Lipinski definition) is 4. The zero-order valence-electron chi connectivity index (χ0n) is 16.3. The van der Waals surface area contributed by atoms with Crippen LogP contribution >= 0.6 is 11.6 Å². The number of benzene rings is 1. The number of likely N-dealkylation sites (N-methyl/N-ethyl adjacent to an activating group) is 1. The Labute approximate surface area is 165 Å². The van der Waals surface area contributed by atoms with Crippen LogP contribution in [0, 0.1) is 18.8 Å². The van der Waals surface area contributed by atoms with Gasteiger partial charge in [-0.1, -0.05) is 18.5 Å². The molecule has 1 aromatic carbocycles. The van der Waals surface area contributed by atoms with Gasteiger partial charge in [-0.2, -0.15) is 0 Å². The highest BCUT2D eigenvalue weighted by Gasteiger charge is 2.32. The van der Waals surface area contributed by atoms with Crippen molar-refractivity contribution in [3.8, 4) is 0 Å². The lowest BCUT2D eigenvalue weighted by Gasteiger charge is -2.37. The van der Waals surface area contributed by atoms with E-state index in [1.807, 2.05) is 27.0 Å². The third-order valence-corrected chi connectivity index (χ3v) is 5.98. The monoisotopic (exact) mass is 393 g/mol. The number of piperidine rings is 1. The Morgan fingerprint density at radius 3 is 2.67 bits per heavy atom. The molecule has 148 valence electrons. The highest BCUT2D eigenvalue weighted by molar-refractivity contribution is 6.31. The molecular weight excluding hydrogens is 366 g/mol. The van der Waals surface area contributed by atoms with Crippen molar-refractivity contribution in [2.75, 3.05) is 31.7 Å². The minimum absolute atomic E-state index is 0.00905. The second-order valence-electron chi connectivity index (χ2n) is 7.84. The van der Waals surface area contributed by atoms with Crippen LogP contribution in [0.2, 0.25) is 5.02 Å². The van der Waals surface area contributed by atoms with Crippen LogP contribution in [-0.4, -0.2) is 50.7 Å². The summed E-state index contributed by atoms with van der Waals surface area (Å²) < 4.78 is 5.27. The van der Waals surface area contributed by atoms with Gasteiger partial charge in [0.25, 0.3) is 5.91 Å². The maximum absolute atomic E-state index is 12.8. The summed E-state index contributed by atoms with van der Waals surface area (Å²) in [5.74, 6) is -0.170. The Hall–Kier alpha value is -1.79. The molecule has 0 aliphatic carbocycles. The first-order chi connectivity index (χ1) is 12.8. The Morgan fingerprint density at radius 1 is 1.37 bits per heavy atom. The first-order valence-electron chi connectivity index (χ1n) is 9.47. The number of carbonyl (C=O) groups excluding carboxylic acids is 2. The van der Waals surface area contributed by atoms with Crippen molar-refractivity contribution in [1.29, 1.82) is 0 Å². The predicted molar refractivity (Wildman–Crippen MR) is 106 cm³/mol. The fourth-order valence-electron chi connectivity index (χ4n) is 3.89. The smallest absolute Gasteiger partial charge is 0.251 e. The minimum Gasteiger partial charge on any atom is -0.377 e. The van der Waals surface area contributed by atoms with Crippen LogP contribution < -0.4 is 15.5 Å². The van der Waals surface area contributed by atoms with Gasteiger partial charge in [-0.15, -0.1) is 0 Å². The molecule has 2 amide bonds. The maximum atomic E-state index is 12.8. The van der Waals surface area contributed by atoms with Crippen LogP contribution in [0.4, 0.5) is 5.69 Å². The maximum Gasteiger partial charge on any atom is 0.251 e. The van der Waals surface area contributed by atoms with Gasteiger partial charge in [-0.05, 0) is 43.9 Å². The normalized spacial score (nSPS) is 25.5. The number of nitrogens with one attached hydrogen (secondary N) is 2. The molecule has 2 saturated heterocycles. The van der Waals surface area contributed by atoms with E-state index >= 15 is 0 Å². The lowest BCUT2D eigenvalue weighted by atomic mass is 9.84. The van der Waals surface area contributed by atoms with Crippen LogP contribution in [0.15, 0.2) is 12.1 Å². The van der Waals surface area contributed by atoms with Gasteiger partial charge in [0.15, 0.2) is 0 Å². The number of ether oxygens (including phenoxy) is 1. The van der Waals surface area contributed by atoms with Crippen molar-refractivity contribution in [2.24, 2.45) is 11.8 Å². The molecule has 2 heterocycles. The van der Waals surface area contributed by atoms with Gasteiger partial charge in [0.1, 0.15) is 0 Å². The summed E-state index contributed by atoms with van der Waals surface area (Å²) in [6, 6.07) is 4.05. The van der Waals surface area contributed by atoms with Crippen molar-refractivity contribution >= 4 is 29.1 Å². The molecule has 3 atom stereocenters. The Bertz CT molecular complexity index is 735. The molecule has 1 aromatic rings. The molecule has 0 radical (unpaired) electrons. The van der Waals surface area contributed by atoms with Crippen molar-refractivity contribution in [1.82, 2.24) is 10.6 Å². The van der Waals surface area contributed by atoms with Crippen LogP contribution in [0.3, 0.4) is 0 Å². The number of carbonyl (C=O) groups is 2. The molecule has 0 aromatic heterocycles. The van der Waals surface area contributed by atoms with Gasteiger partial charge >= 0.3 is 0 Å². The lowest BCUT2D eigenvalue weighted by Crippen LogP contribution is -2.50. The molecule has 2 fully saturated rings. The zero-order valence-corrected chi connectivity index (χ0v) is 17.1. The molecule has 2 aliphatic heterocycles. The second kappa shape index (κ2) is 8.07. The number of amides is 2. The standard InChI is InChI=1S/C20H28ClN3O3/c1-11-5-12(2)23-20(26)17(11)8-22-19(25)16-6-14(21)7-18(13(16)3)24(4)15-9-27-10-15/h6-7,11-12,15,17H,5,8-10H2,1-4H3,(H,22,25)(H,23,26). The number of anilines is 1. The average molecular weight is 394 g/mol. The van der Waals surface area contributed by atoms with Crippen LogP contribution in [0.25, 0.3) is 0 Å². The molecule has 2 N–H and O–H groups in total. The van der Waals surface area contributed by atoms with Crippen molar-refractivity contribution in [2.45, 2.75) is 39.3 Å².